The number of hydrogen-bond acceptors (Lipinski definition) is 10. The van der Waals surface area contributed by atoms with Gasteiger partial charge in [0.1, 0.15) is 27.4 Å². The average Bonchev–Trinajstić information content (AvgIpc) is 3.46. The maximum atomic E-state index is 14.7. The number of carbonyl (C=O) groups excluding carboxylic acids is 4. The molecule has 2 aromatic carbocycles. The van der Waals surface area contributed by atoms with Gasteiger partial charge in [0.25, 0.3) is 21.5 Å². The number of alkyl carbamates (subject to hydrolysis) is 1. The summed E-state index contributed by atoms with van der Waals surface area (Å²) < 4.78 is 34.9. The molecule has 306 valence electrons. The molecule has 4 aromatic rings. The zero-order valence-electron chi connectivity index (χ0n) is 33.2. The third-order valence-electron chi connectivity index (χ3n) is 10.2. The molecule has 2 aromatic heterocycles. The van der Waals surface area contributed by atoms with Crippen molar-refractivity contribution < 1.29 is 32.3 Å². The monoisotopic (exact) mass is 828 g/mol. The Kier molecular flexibility index (Phi) is 11.6. The number of carbonyl (C=O) groups is 4. The van der Waals surface area contributed by atoms with Gasteiger partial charge in [-0.15, -0.1) is 17.9 Å². The molecule has 0 unspecified atom stereocenters. The second-order valence-electron chi connectivity index (χ2n) is 16.6. The van der Waals surface area contributed by atoms with Crippen LogP contribution in [-0.2, 0) is 29.1 Å². The van der Waals surface area contributed by atoms with Gasteiger partial charge >= 0.3 is 6.09 Å². The number of ether oxygens (including phenoxy) is 1. The summed E-state index contributed by atoms with van der Waals surface area (Å²) in [6, 6.07) is 18.0. The summed E-state index contributed by atoms with van der Waals surface area (Å²) in [5.74, 6) is -2.96. The quantitative estimate of drug-likeness (QED) is 0.169. The number of thiophene rings is 1. The molecule has 4 amide bonds. The van der Waals surface area contributed by atoms with Gasteiger partial charge in [-0.25, -0.2) is 22.6 Å². The minimum atomic E-state index is -4.25. The van der Waals surface area contributed by atoms with E-state index in [9.17, 15) is 32.4 Å². The van der Waals surface area contributed by atoms with Gasteiger partial charge in [0.15, 0.2) is 0 Å². The first-order valence-electron chi connectivity index (χ1n) is 18.8. The van der Waals surface area contributed by atoms with Gasteiger partial charge in [0, 0.05) is 24.4 Å². The van der Waals surface area contributed by atoms with Crippen molar-refractivity contribution in [1.29, 1.82) is 0 Å². The van der Waals surface area contributed by atoms with E-state index < -0.39 is 80.0 Å². The lowest BCUT2D eigenvalue weighted by Gasteiger charge is -2.36. The third-order valence-corrected chi connectivity index (χ3v) is 12.9. The number of benzene rings is 2. The number of amides is 4. The normalized spacial score (nSPS) is 21.1. The van der Waals surface area contributed by atoms with Crippen LogP contribution in [-0.4, -0.2) is 76.7 Å². The highest BCUT2D eigenvalue weighted by Gasteiger charge is 2.61. The molecule has 0 radical (unpaired) electrons. The van der Waals surface area contributed by atoms with Gasteiger partial charge in [-0.1, -0.05) is 93.6 Å². The minimum absolute atomic E-state index is 0.0609. The van der Waals surface area contributed by atoms with Gasteiger partial charge < -0.3 is 20.3 Å². The Morgan fingerprint density at radius 2 is 1.60 bits per heavy atom. The molecule has 0 bridgehead atoms. The van der Waals surface area contributed by atoms with Crippen LogP contribution in [0.3, 0.4) is 0 Å². The number of hydrogen-bond donors (Lipinski definition) is 3. The zero-order chi connectivity index (χ0) is 42.2. The summed E-state index contributed by atoms with van der Waals surface area (Å²) in [6.45, 7) is 13.9. The minimum Gasteiger partial charge on any atom is -0.444 e. The molecule has 2 aliphatic rings. The molecule has 6 rings (SSSR count). The van der Waals surface area contributed by atoms with E-state index in [0.29, 0.717) is 16.7 Å². The summed E-state index contributed by atoms with van der Waals surface area (Å²) >= 11 is 0.930. The SMILES string of the molecule is C=C[C@@H]1C[C@]1(NC(=O)[C@@H]1C[C@@H](n2ncc(-c3ccccc3)c(-c3ccccc3)c2=O)CN1C(=O)[C@@H](NC(=O)OC(C)(C)C)C(C)(C)C)C(=O)NS(=O)(=O)c1cccs1. The van der Waals surface area contributed by atoms with Crippen LogP contribution in [0, 0.1) is 11.3 Å². The Labute approximate surface area is 341 Å². The molecule has 1 saturated heterocycles. The fourth-order valence-electron chi connectivity index (χ4n) is 7.19. The van der Waals surface area contributed by atoms with E-state index in [2.05, 4.69) is 27.0 Å². The van der Waals surface area contributed by atoms with Gasteiger partial charge in [-0.3, -0.25) is 19.2 Å². The maximum Gasteiger partial charge on any atom is 0.408 e. The van der Waals surface area contributed by atoms with Crippen LogP contribution in [0.1, 0.15) is 60.4 Å². The Bertz CT molecular complexity index is 2370. The third kappa shape index (κ3) is 8.77. The van der Waals surface area contributed by atoms with Gasteiger partial charge in [-0.05, 0) is 55.2 Å². The van der Waals surface area contributed by atoms with Crippen LogP contribution in [0.5, 0.6) is 0 Å². The number of nitrogens with zero attached hydrogens (tertiary/aromatic N) is 3. The Balaban J connectivity index is 1.39. The lowest BCUT2D eigenvalue weighted by atomic mass is 9.85. The fourth-order valence-corrected chi connectivity index (χ4v) is 9.22. The maximum absolute atomic E-state index is 14.7. The Morgan fingerprint density at radius 1 is 0.966 bits per heavy atom. The molecule has 58 heavy (non-hydrogen) atoms. The van der Waals surface area contributed by atoms with Crippen molar-refractivity contribution in [3.8, 4) is 22.3 Å². The Morgan fingerprint density at radius 3 is 2.16 bits per heavy atom. The first kappa shape index (κ1) is 42.0. The topological polar surface area (TPSA) is 186 Å². The highest BCUT2D eigenvalue weighted by molar-refractivity contribution is 7.92. The second kappa shape index (κ2) is 16.0. The summed E-state index contributed by atoms with van der Waals surface area (Å²) in [4.78, 5) is 72.1. The van der Waals surface area contributed by atoms with Crippen LogP contribution in [0.15, 0.2) is 106 Å². The summed E-state index contributed by atoms with van der Waals surface area (Å²) in [7, 11) is -4.25. The fraction of sp³-hybridized carbons (Fsp3) is 0.381. The zero-order valence-corrected chi connectivity index (χ0v) is 34.9. The van der Waals surface area contributed by atoms with E-state index in [1.165, 1.54) is 27.8 Å². The molecule has 3 N–H and O–H groups in total. The predicted octanol–water partition coefficient (Wildman–Crippen LogP) is 5.29. The molecule has 1 aliphatic heterocycles. The van der Waals surface area contributed by atoms with Gasteiger partial charge in [-0.2, -0.15) is 5.10 Å². The molecule has 16 heteroatoms. The van der Waals surface area contributed by atoms with Crippen molar-refractivity contribution in [3.63, 3.8) is 0 Å². The molecule has 2 fully saturated rings. The number of likely N-dealkylation sites (tertiary alicyclic amines) is 1. The van der Waals surface area contributed by atoms with Crippen molar-refractivity contribution in [2.75, 3.05) is 6.54 Å². The summed E-state index contributed by atoms with van der Waals surface area (Å²) in [6.07, 6.45) is 2.17. The lowest BCUT2D eigenvalue weighted by Crippen LogP contribution is -2.60. The van der Waals surface area contributed by atoms with E-state index in [0.717, 1.165) is 16.9 Å². The number of aromatic nitrogens is 2. The number of nitrogens with one attached hydrogen (secondary N) is 3. The molecular formula is C42H48N6O8S2. The van der Waals surface area contributed by atoms with Crippen LogP contribution >= 0.6 is 11.3 Å². The predicted molar refractivity (Wildman–Crippen MR) is 220 cm³/mol. The second-order valence-corrected chi connectivity index (χ2v) is 19.5. The first-order valence-corrected chi connectivity index (χ1v) is 21.2. The largest absolute Gasteiger partial charge is 0.444 e. The summed E-state index contributed by atoms with van der Waals surface area (Å²) in [5, 5.41) is 11.6. The number of sulfonamides is 1. The van der Waals surface area contributed by atoms with E-state index in [1.807, 2.05) is 60.7 Å². The standard InChI is InChI=1S/C42H48N6O8S2/c1-8-28-23-42(28,38(52)46-58(54,55)32-20-15-21-57-32)45-35(49)31-22-29(25-47(31)37(51)34(40(2,3)4)44-39(53)56-41(5,6)7)48-36(50)33(27-18-13-10-14-19-27)30(24-43-48)26-16-11-9-12-17-26/h8-21,24,28-29,31,34H,1,22-23,25H2,2-7H3,(H,44,53)(H,45,49)(H,46,52)/t28-,29-,31+,34-,42-/m1/s1. The highest BCUT2D eigenvalue weighted by Crippen LogP contribution is 2.45. The number of rotatable bonds is 11. The molecule has 1 saturated carbocycles. The molecule has 14 nitrogen and oxygen atoms in total. The average molecular weight is 829 g/mol. The summed E-state index contributed by atoms with van der Waals surface area (Å²) in [5.41, 5.74) is -1.50. The molecule has 3 heterocycles. The van der Waals surface area contributed by atoms with Crippen LogP contribution in [0.25, 0.3) is 22.3 Å². The van der Waals surface area contributed by atoms with Crippen molar-refractivity contribution in [2.24, 2.45) is 11.3 Å². The van der Waals surface area contributed by atoms with Crippen molar-refractivity contribution >= 4 is 45.2 Å². The van der Waals surface area contributed by atoms with E-state index >= 15 is 0 Å². The molecule has 5 atom stereocenters. The van der Waals surface area contributed by atoms with Crippen molar-refractivity contribution in [3.05, 3.63) is 107 Å². The molecule has 1 aliphatic carbocycles. The highest BCUT2D eigenvalue weighted by atomic mass is 32.2. The van der Waals surface area contributed by atoms with Gasteiger partial charge in [0.05, 0.1) is 17.8 Å². The van der Waals surface area contributed by atoms with Crippen LogP contribution in [0.2, 0.25) is 0 Å². The van der Waals surface area contributed by atoms with Crippen LogP contribution < -0.4 is 20.9 Å². The molecule has 0 spiro atoms. The van der Waals surface area contributed by atoms with Crippen molar-refractivity contribution in [1.82, 2.24) is 30.0 Å². The first-order chi connectivity index (χ1) is 27.3. The smallest absolute Gasteiger partial charge is 0.408 e. The van der Waals surface area contributed by atoms with Crippen molar-refractivity contribution in [2.45, 2.75) is 87.9 Å². The van der Waals surface area contributed by atoms with Gasteiger partial charge in [0.2, 0.25) is 11.8 Å². The van der Waals surface area contributed by atoms with E-state index in [-0.39, 0.29) is 23.6 Å². The lowest BCUT2D eigenvalue weighted by molar-refractivity contribution is -0.143. The van der Waals surface area contributed by atoms with Crippen LogP contribution in [0.4, 0.5) is 4.79 Å². The van der Waals surface area contributed by atoms with E-state index in [1.54, 1.807) is 53.1 Å². The van der Waals surface area contributed by atoms with E-state index in [4.69, 9.17) is 4.74 Å². The Hall–Kier alpha value is -5.61. The molecular weight excluding hydrogens is 781 g/mol.